The van der Waals surface area contributed by atoms with Gasteiger partial charge in [0.1, 0.15) is 17.9 Å². The molecule has 1 atom stereocenters. The summed E-state index contributed by atoms with van der Waals surface area (Å²) in [4.78, 5) is 23.7. The van der Waals surface area contributed by atoms with Gasteiger partial charge in [0, 0.05) is 11.4 Å². The highest BCUT2D eigenvalue weighted by Gasteiger charge is 2.31. The van der Waals surface area contributed by atoms with E-state index in [1.807, 2.05) is 12.1 Å². The lowest BCUT2D eigenvalue weighted by Crippen LogP contribution is -2.23. The normalized spacial score (nSPS) is 16.5. The summed E-state index contributed by atoms with van der Waals surface area (Å²) >= 11 is 5.85. The lowest BCUT2D eigenvalue weighted by atomic mass is 10.2. The van der Waals surface area contributed by atoms with Crippen LogP contribution in [-0.4, -0.2) is 24.6 Å². The van der Waals surface area contributed by atoms with E-state index in [2.05, 4.69) is 0 Å². The fourth-order valence-corrected chi connectivity index (χ4v) is 2.41. The van der Waals surface area contributed by atoms with E-state index in [0.29, 0.717) is 17.2 Å². The zero-order valence-electron chi connectivity index (χ0n) is 12.7. The molecule has 1 aliphatic heterocycles. The Morgan fingerprint density at radius 2 is 1.92 bits per heavy atom. The van der Waals surface area contributed by atoms with Crippen molar-refractivity contribution in [2.45, 2.75) is 19.1 Å². The van der Waals surface area contributed by atoms with Crippen LogP contribution in [-0.2, 0) is 20.9 Å². The summed E-state index contributed by atoms with van der Waals surface area (Å²) in [7, 11) is 0. The smallest absolute Gasteiger partial charge is 0.347 e. The highest BCUT2D eigenvalue weighted by molar-refractivity contribution is 6.30. The van der Waals surface area contributed by atoms with Crippen molar-refractivity contribution in [2.24, 2.45) is 0 Å². The first-order valence-electron chi connectivity index (χ1n) is 7.47. The molecule has 0 aromatic heterocycles. The second-order valence-corrected chi connectivity index (χ2v) is 5.70. The molecule has 0 radical (unpaired) electrons. The van der Waals surface area contributed by atoms with Crippen LogP contribution in [0.1, 0.15) is 22.3 Å². The molecule has 5 nitrogen and oxygen atoms in total. The van der Waals surface area contributed by atoms with Crippen LogP contribution in [0.4, 0.5) is 0 Å². The van der Waals surface area contributed by atoms with Gasteiger partial charge in [0.2, 0.25) is 6.10 Å². The average molecular weight is 347 g/mol. The van der Waals surface area contributed by atoms with Crippen molar-refractivity contribution in [1.82, 2.24) is 0 Å². The van der Waals surface area contributed by atoms with Crippen LogP contribution < -0.4 is 4.74 Å². The van der Waals surface area contributed by atoms with Crippen molar-refractivity contribution in [3.05, 3.63) is 64.7 Å². The third-order valence-electron chi connectivity index (χ3n) is 3.55. The molecule has 0 aliphatic carbocycles. The van der Waals surface area contributed by atoms with Gasteiger partial charge in [0.05, 0.1) is 6.61 Å². The molecule has 3 rings (SSSR count). The maximum Gasteiger partial charge on any atom is 0.347 e. The number of hydrogen-bond acceptors (Lipinski definition) is 5. The molecule has 0 spiro atoms. The molecule has 1 heterocycles. The van der Waals surface area contributed by atoms with Crippen molar-refractivity contribution in [2.75, 3.05) is 6.61 Å². The number of esters is 2. The Morgan fingerprint density at radius 1 is 1.17 bits per heavy atom. The second-order valence-electron chi connectivity index (χ2n) is 5.26. The van der Waals surface area contributed by atoms with Gasteiger partial charge in [-0.15, -0.1) is 0 Å². The second kappa shape index (κ2) is 7.36. The van der Waals surface area contributed by atoms with E-state index in [9.17, 15) is 9.59 Å². The number of para-hydroxylation sites is 1. The topological polar surface area (TPSA) is 61.8 Å². The van der Waals surface area contributed by atoms with Gasteiger partial charge in [-0.1, -0.05) is 35.9 Å². The average Bonchev–Trinajstić information content (AvgIpc) is 2.99. The van der Waals surface area contributed by atoms with E-state index in [0.717, 1.165) is 5.56 Å². The molecule has 0 N–H and O–H groups in total. The van der Waals surface area contributed by atoms with Crippen LogP contribution in [0.3, 0.4) is 0 Å². The molecule has 0 saturated carbocycles. The Kier molecular flexibility index (Phi) is 5.01. The van der Waals surface area contributed by atoms with Crippen molar-refractivity contribution in [1.29, 1.82) is 0 Å². The van der Waals surface area contributed by atoms with Gasteiger partial charge in [-0.2, -0.15) is 0 Å². The van der Waals surface area contributed by atoms with Gasteiger partial charge in [-0.25, -0.2) is 9.59 Å². The van der Waals surface area contributed by atoms with E-state index >= 15 is 0 Å². The van der Waals surface area contributed by atoms with Crippen molar-refractivity contribution < 1.29 is 23.8 Å². The van der Waals surface area contributed by atoms with Crippen LogP contribution in [0.15, 0.2) is 48.5 Å². The molecule has 1 unspecified atom stereocenters. The van der Waals surface area contributed by atoms with E-state index in [4.69, 9.17) is 25.8 Å². The monoisotopic (exact) mass is 346 g/mol. The fraction of sp³-hybridized carbons (Fsp3) is 0.222. The summed E-state index contributed by atoms with van der Waals surface area (Å²) in [5, 5.41) is 0.645. The highest BCUT2D eigenvalue weighted by Crippen LogP contribution is 2.22. The summed E-state index contributed by atoms with van der Waals surface area (Å²) in [5.41, 5.74) is 1.19. The first kappa shape index (κ1) is 16.3. The molecule has 1 aliphatic rings. The number of halogens is 1. The van der Waals surface area contributed by atoms with Crippen molar-refractivity contribution >= 4 is 23.5 Å². The molecule has 1 fully saturated rings. The number of ether oxygens (including phenoxy) is 3. The van der Waals surface area contributed by atoms with Crippen LogP contribution in [0.2, 0.25) is 5.02 Å². The fourth-order valence-electron chi connectivity index (χ4n) is 2.28. The van der Waals surface area contributed by atoms with E-state index in [1.54, 1.807) is 36.4 Å². The van der Waals surface area contributed by atoms with Crippen molar-refractivity contribution in [3.63, 3.8) is 0 Å². The first-order chi connectivity index (χ1) is 11.6. The van der Waals surface area contributed by atoms with Gasteiger partial charge in [-0.3, -0.25) is 0 Å². The minimum Gasteiger partial charge on any atom is -0.488 e. The van der Waals surface area contributed by atoms with E-state index < -0.39 is 18.0 Å². The maximum absolute atomic E-state index is 12.3. The summed E-state index contributed by atoms with van der Waals surface area (Å²) in [5.74, 6) is -0.725. The molecule has 6 heteroatoms. The van der Waals surface area contributed by atoms with Gasteiger partial charge in [0.15, 0.2) is 0 Å². The Hall–Kier alpha value is -2.53. The van der Waals surface area contributed by atoms with Crippen LogP contribution in [0.25, 0.3) is 0 Å². The minimum absolute atomic E-state index is 0.269. The molecule has 2 aromatic carbocycles. The van der Waals surface area contributed by atoms with Crippen molar-refractivity contribution in [3.8, 4) is 5.75 Å². The van der Waals surface area contributed by atoms with E-state index in [1.165, 1.54) is 0 Å². The summed E-state index contributed by atoms with van der Waals surface area (Å²) in [6.07, 6.45) is -0.472. The number of carbonyl (C=O) groups is 2. The number of cyclic esters (lactones) is 1. The molecular formula is C18H15ClO5. The Labute approximate surface area is 144 Å². The predicted octanol–water partition coefficient (Wildman–Crippen LogP) is 3.39. The molecule has 1 saturated heterocycles. The lowest BCUT2D eigenvalue weighted by Gasteiger charge is -2.13. The van der Waals surface area contributed by atoms with Crippen LogP contribution >= 0.6 is 11.6 Å². The summed E-state index contributed by atoms with van der Waals surface area (Å²) in [6, 6.07) is 14.0. The number of benzene rings is 2. The molecule has 124 valence electrons. The molecule has 2 aromatic rings. The lowest BCUT2D eigenvalue weighted by molar-refractivity contribution is -0.145. The van der Waals surface area contributed by atoms with Gasteiger partial charge in [-0.05, 0) is 29.8 Å². The number of rotatable bonds is 5. The SMILES string of the molecule is O=C(OC1CCOC1=O)c1ccccc1OCc1ccc(Cl)cc1. The molecule has 0 bridgehead atoms. The number of carbonyl (C=O) groups excluding carboxylic acids is 2. The largest absolute Gasteiger partial charge is 0.488 e. The zero-order valence-corrected chi connectivity index (χ0v) is 13.5. The quantitative estimate of drug-likeness (QED) is 0.776. The summed E-state index contributed by atoms with van der Waals surface area (Å²) in [6.45, 7) is 0.554. The van der Waals surface area contributed by atoms with Gasteiger partial charge < -0.3 is 14.2 Å². The third kappa shape index (κ3) is 3.86. The standard InChI is InChI=1S/C18H15ClO5/c19-13-7-5-12(6-8-13)11-23-15-4-2-1-3-14(15)17(20)24-16-9-10-22-18(16)21/h1-8,16H,9-11H2. The predicted molar refractivity (Wildman–Crippen MR) is 87.0 cm³/mol. The first-order valence-corrected chi connectivity index (χ1v) is 7.85. The molecule has 0 amide bonds. The zero-order chi connectivity index (χ0) is 16.9. The molecular weight excluding hydrogens is 332 g/mol. The Bertz CT molecular complexity index is 741. The molecule has 24 heavy (non-hydrogen) atoms. The highest BCUT2D eigenvalue weighted by atomic mass is 35.5. The van der Waals surface area contributed by atoms with Crippen LogP contribution in [0, 0.1) is 0 Å². The third-order valence-corrected chi connectivity index (χ3v) is 3.80. The van der Waals surface area contributed by atoms with Crippen LogP contribution in [0.5, 0.6) is 5.75 Å². The summed E-state index contributed by atoms with van der Waals surface area (Å²) < 4.78 is 15.7. The number of hydrogen-bond donors (Lipinski definition) is 0. The van der Waals surface area contributed by atoms with E-state index in [-0.39, 0.29) is 18.8 Å². The maximum atomic E-state index is 12.3. The Balaban J connectivity index is 1.69. The minimum atomic E-state index is -0.846. The van der Waals surface area contributed by atoms with Gasteiger partial charge >= 0.3 is 11.9 Å². The Morgan fingerprint density at radius 3 is 2.62 bits per heavy atom. The van der Waals surface area contributed by atoms with Gasteiger partial charge in [0.25, 0.3) is 0 Å².